The molecule has 0 atom stereocenters. The highest BCUT2D eigenvalue weighted by molar-refractivity contribution is 5.79. The number of aromatic hydroxyl groups is 1. The average molecular weight is 280 g/mol. The zero-order valence-corrected chi connectivity index (χ0v) is 12.0. The molecule has 0 fully saturated rings. The Bertz CT molecular complexity index is 701. The lowest BCUT2D eigenvalue weighted by molar-refractivity contribution is 0.475. The van der Waals surface area contributed by atoms with Crippen LogP contribution in [0.2, 0.25) is 0 Å². The van der Waals surface area contributed by atoms with Crippen LogP contribution in [-0.4, -0.2) is 16.2 Å². The summed E-state index contributed by atoms with van der Waals surface area (Å²) in [6.45, 7) is 2.84. The summed E-state index contributed by atoms with van der Waals surface area (Å²) in [5.41, 5.74) is 2.50. The Kier molecular flexibility index (Phi) is 4.22. The number of phenolic OH excluding ortho intramolecular Hbond substituents is 1. The van der Waals surface area contributed by atoms with Crippen LogP contribution in [-0.2, 0) is 13.1 Å². The topological polar surface area (TPSA) is 37.2 Å². The molecule has 0 aliphatic rings. The summed E-state index contributed by atoms with van der Waals surface area (Å²) in [6.07, 6.45) is 3.25. The van der Waals surface area contributed by atoms with Crippen LogP contribution in [0.3, 0.4) is 0 Å². The Morgan fingerprint density at radius 3 is 2.62 bits per heavy atom. The number of aromatic nitrogens is 1. The zero-order chi connectivity index (χ0) is 14.5. The molecule has 2 N–H and O–H groups in total. The molecule has 0 radical (unpaired) electrons. The fourth-order valence-corrected chi connectivity index (χ4v) is 2.56. The smallest absolute Gasteiger partial charge is 0.115 e. The van der Waals surface area contributed by atoms with E-state index in [9.17, 15) is 5.11 Å². The minimum Gasteiger partial charge on any atom is -0.508 e. The van der Waals surface area contributed by atoms with Crippen LogP contribution >= 0.6 is 0 Å². The van der Waals surface area contributed by atoms with E-state index in [0.29, 0.717) is 5.75 Å². The number of rotatable bonds is 6. The van der Waals surface area contributed by atoms with Crippen molar-refractivity contribution in [1.82, 2.24) is 9.88 Å². The molecule has 0 bridgehead atoms. The summed E-state index contributed by atoms with van der Waals surface area (Å²) in [6, 6.07) is 18.0. The van der Waals surface area contributed by atoms with Gasteiger partial charge in [-0.2, -0.15) is 0 Å². The molecule has 0 saturated carbocycles. The van der Waals surface area contributed by atoms with Gasteiger partial charge in [0.2, 0.25) is 0 Å². The fourth-order valence-electron chi connectivity index (χ4n) is 2.56. The Morgan fingerprint density at radius 2 is 1.76 bits per heavy atom. The highest BCUT2D eigenvalue weighted by atomic mass is 16.3. The molecule has 0 amide bonds. The molecular weight excluding hydrogens is 260 g/mol. The van der Waals surface area contributed by atoms with Crippen LogP contribution < -0.4 is 5.32 Å². The molecule has 1 aromatic heterocycles. The number of phenols is 1. The van der Waals surface area contributed by atoms with Crippen molar-refractivity contribution in [2.24, 2.45) is 0 Å². The number of benzene rings is 2. The van der Waals surface area contributed by atoms with Crippen molar-refractivity contribution in [1.29, 1.82) is 0 Å². The van der Waals surface area contributed by atoms with Crippen LogP contribution in [0.1, 0.15) is 12.0 Å². The van der Waals surface area contributed by atoms with E-state index >= 15 is 0 Å². The number of nitrogens with zero attached hydrogens (tertiary/aromatic N) is 1. The zero-order valence-electron chi connectivity index (χ0n) is 12.0. The molecule has 2 aromatic carbocycles. The molecule has 108 valence electrons. The number of hydrogen-bond donors (Lipinski definition) is 2. The van der Waals surface area contributed by atoms with E-state index in [4.69, 9.17) is 0 Å². The maximum atomic E-state index is 9.24. The van der Waals surface area contributed by atoms with Crippen LogP contribution in [0.15, 0.2) is 60.8 Å². The second-order valence-corrected chi connectivity index (χ2v) is 5.26. The lowest BCUT2D eigenvalue weighted by atomic mass is 10.2. The molecule has 1 heterocycles. The first-order chi connectivity index (χ1) is 10.3. The van der Waals surface area contributed by atoms with Crippen molar-refractivity contribution in [3.05, 3.63) is 66.4 Å². The first-order valence-corrected chi connectivity index (χ1v) is 7.35. The minimum absolute atomic E-state index is 0.318. The van der Waals surface area contributed by atoms with E-state index in [2.05, 4.69) is 46.4 Å². The normalized spacial score (nSPS) is 11.0. The standard InChI is InChI=1S/C18H20N2O/c21-17-8-6-15(7-9-17)14-19-11-3-12-20-13-10-16-4-1-2-5-18(16)20/h1-2,4-10,13,19,21H,3,11-12,14H2. The van der Waals surface area contributed by atoms with Gasteiger partial charge in [0.25, 0.3) is 0 Å². The Labute approximate surface area is 124 Å². The first-order valence-electron chi connectivity index (χ1n) is 7.35. The van der Waals surface area contributed by atoms with Gasteiger partial charge in [0.05, 0.1) is 0 Å². The summed E-state index contributed by atoms with van der Waals surface area (Å²) < 4.78 is 2.30. The summed E-state index contributed by atoms with van der Waals surface area (Å²) in [4.78, 5) is 0. The molecule has 21 heavy (non-hydrogen) atoms. The van der Waals surface area contributed by atoms with Gasteiger partial charge in [0.1, 0.15) is 5.75 Å². The van der Waals surface area contributed by atoms with E-state index in [0.717, 1.165) is 26.1 Å². The van der Waals surface area contributed by atoms with Gasteiger partial charge in [-0.05, 0) is 48.2 Å². The van der Waals surface area contributed by atoms with Crippen molar-refractivity contribution < 1.29 is 5.11 Å². The van der Waals surface area contributed by atoms with E-state index in [1.165, 1.54) is 16.5 Å². The highest BCUT2D eigenvalue weighted by Gasteiger charge is 1.99. The third-order valence-corrected chi connectivity index (χ3v) is 3.70. The van der Waals surface area contributed by atoms with Gasteiger partial charge in [0.15, 0.2) is 0 Å². The highest BCUT2D eigenvalue weighted by Crippen LogP contribution is 2.15. The van der Waals surface area contributed by atoms with E-state index in [1.54, 1.807) is 12.1 Å². The Morgan fingerprint density at radius 1 is 0.952 bits per heavy atom. The molecule has 0 aliphatic carbocycles. The first kappa shape index (κ1) is 13.7. The van der Waals surface area contributed by atoms with Crippen LogP contribution in [0.4, 0.5) is 0 Å². The molecule has 0 aliphatic heterocycles. The van der Waals surface area contributed by atoms with E-state index < -0.39 is 0 Å². The second-order valence-electron chi connectivity index (χ2n) is 5.26. The van der Waals surface area contributed by atoms with Crippen molar-refractivity contribution in [2.75, 3.05) is 6.54 Å². The third-order valence-electron chi connectivity index (χ3n) is 3.70. The fraction of sp³-hybridized carbons (Fsp3) is 0.222. The SMILES string of the molecule is Oc1ccc(CNCCCn2ccc3ccccc32)cc1. The quantitative estimate of drug-likeness (QED) is 0.678. The number of aryl methyl sites for hydroxylation is 1. The molecule has 0 saturated heterocycles. The van der Waals surface area contributed by atoms with Crippen LogP contribution in [0.25, 0.3) is 10.9 Å². The second kappa shape index (κ2) is 6.46. The number of nitrogens with one attached hydrogen (secondary N) is 1. The van der Waals surface area contributed by atoms with Crippen LogP contribution in [0, 0.1) is 0 Å². The van der Waals surface area contributed by atoms with Crippen molar-refractivity contribution >= 4 is 10.9 Å². The molecule has 3 aromatic rings. The van der Waals surface area contributed by atoms with Crippen LogP contribution in [0.5, 0.6) is 5.75 Å². The average Bonchev–Trinajstić information content (AvgIpc) is 2.92. The molecule has 3 heteroatoms. The summed E-state index contributed by atoms with van der Waals surface area (Å²) in [5, 5.41) is 14.0. The third kappa shape index (κ3) is 3.44. The number of hydrogen-bond acceptors (Lipinski definition) is 2. The maximum absolute atomic E-state index is 9.24. The predicted molar refractivity (Wildman–Crippen MR) is 86.4 cm³/mol. The predicted octanol–water partition coefficient (Wildman–Crippen LogP) is 3.53. The van der Waals surface area contributed by atoms with Crippen molar-refractivity contribution in [3.8, 4) is 5.75 Å². The number of para-hydroxylation sites is 1. The summed E-state index contributed by atoms with van der Waals surface area (Å²) >= 11 is 0. The van der Waals surface area contributed by atoms with E-state index in [1.807, 2.05) is 12.1 Å². The van der Waals surface area contributed by atoms with Gasteiger partial charge < -0.3 is 15.0 Å². The van der Waals surface area contributed by atoms with Crippen molar-refractivity contribution in [3.63, 3.8) is 0 Å². The summed E-state index contributed by atoms with van der Waals surface area (Å²) in [7, 11) is 0. The number of fused-ring (bicyclic) bond motifs is 1. The van der Waals surface area contributed by atoms with Gasteiger partial charge in [0, 0.05) is 24.8 Å². The van der Waals surface area contributed by atoms with Gasteiger partial charge in [-0.15, -0.1) is 0 Å². The molecular formula is C18H20N2O. The molecule has 0 unspecified atom stereocenters. The summed E-state index contributed by atoms with van der Waals surface area (Å²) in [5.74, 6) is 0.318. The molecule has 0 spiro atoms. The van der Waals surface area contributed by atoms with Gasteiger partial charge in [-0.3, -0.25) is 0 Å². The van der Waals surface area contributed by atoms with Gasteiger partial charge >= 0.3 is 0 Å². The van der Waals surface area contributed by atoms with E-state index in [-0.39, 0.29) is 0 Å². The maximum Gasteiger partial charge on any atom is 0.115 e. The Hall–Kier alpha value is -2.26. The van der Waals surface area contributed by atoms with Gasteiger partial charge in [-0.25, -0.2) is 0 Å². The van der Waals surface area contributed by atoms with Gasteiger partial charge in [-0.1, -0.05) is 30.3 Å². The largest absolute Gasteiger partial charge is 0.508 e. The Balaban J connectivity index is 1.45. The lowest BCUT2D eigenvalue weighted by Crippen LogP contribution is -2.16. The lowest BCUT2D eigenvalue weighted by Gasteiger charge is -2.07. The monoisotopic (exact) mass is 280 g/mol. The molecule has 3 nitrogen and oxygen atoms in total. The molecule has 3 rings (SSSR count). The van der Waals surface area contributed by atoms with Crippen molar-refractivity contribution in [2.45, 2.75) is 19.5 Å². The minimum atomic E-state index is 0.318.